The Hall–Kier alpha value is -1.92. The first kappa shape index (κ1) is 81.1. The third-order valence-corrected chi connectivity index (χ3v) is 17.7. The molecule has 0 aromatic heterocycles. The molecule has 0 aliphatic carbocycles. The number of hydrogen-bond acceptors (Lipinski definition) is 5. The van der Waals surface area contributed by atoms with Crippen molar-refractivity contribution in [1.82, 2.24) is 5.32 Å². The molecule has 6 nitrogen and oxygen atoms in total. The summed E-state index contributed by atoms with van der Waals surface area (Å²) in [5.74, 6) is -0.0525. The van der Waals surface area contributed by atoms with Crippen LogP contribution in [0.1, 0.15) is 418 Å². The van der Waals surface area contributed by atoms with Crippen molar-refractivity contribution in [3.05, 3.63) is 36.5 Å². The van der Waals surface area contributed by atoms with E-state index in [2.05, 4.69) is 43.5 Å². The molecule has 2 atom stereocenters. The molecular weight excluding hydrogens is 1020 g/mol. The van der Waals surface area contributed by atoms with Gasteiger partial charge in [-0.1, -0.05) is 378 Å². The number of aliphatic hydroxyl groups is 2. The number of aliphatic hydroxyl groups excluding tert-OH is 2. The van der Waals surface area contributed by atoms with E-state index >= 15 is 0 Å². The molecule has 3 N–H and O–H groups in total. The fourth-order valence-corrected chi connectivity index (χ4v) is 11.9. The first-order chi connectivity index (χ1) is 41.0. The lowest BCUT2D eigenvalue weighted by molar-refractivity contribution is -0.143. The van der Waals surface area contributed by atoms with Crippen LogP contribution >= 0.6 is 0 Å². The van der Waals surface area contributed by atoms with Crippen LogP contribution in [-0.2, 0) is 14.3 Å². The molecular formula is C77H147NO5. The second-order valence-corrected chi connectivity index (χ2v) is 26.0. The van der Waals surface area contributed by atoms with E-state index in [0.29, 0.717) is 19.4 Å². The van der Waals surface area contributed by atoms with Gasteiger partial charge in [0.25, 0.3) is 0 Å². The minimum atomic E-state index is -0.845. The molecule has 0 rings (SSSR count). The summed E-state index contributed by atoms with van der Waals surface area (Å²) in [7, 11) is 0. The van der Waals surface area contributed by atoms with Gasteiger partial charge in [-0.3, -0.25) is 9.59 Å². The number of ether oxygens (including phenoxy) is 1. The molecule has 1 amide bonds. The smallest absolute Gasteiger partial charge is 0.305 e. The summed E-state index contributed by atoms with van der Waals surface area (Å²) in [6, 6.07) is -0.628. The molecule has 0 radical (unpaired) electrons. The van der Waals surface area contributed by atoms with E-state index < -0.39 is 12.1 Å². The fraction of sp³-hybridized carbons (Fsp3) is 0.896. The lowest BCUT2D eigenvalue weighted by Gasteiger charge is -2.20. The zero-order chi connectivity index (χ0) is 59.9. The number of carbonyl (C=O) groups is 2. The summed E-state index contributed by atoms with van der Waals surface area (Å²) in [6.45, 7) is 4.93. The van der Waals surface area contributed by atoms with Gasteiger partial charge >= 0.3 is 5.97 Å². The minimum Gasteiger partial charge on any atom is -0.466 e. The van der Waals surface area contributed by atoms with Gasteiger partial charge in [-0.05, 0) is 64.2 Å². The Kier molecular flexibility index (Phi) is 70.9. The van der Waals surface area contributed by atoms with Crippen LogP contribution in [0.5, 0.6) is 0 Å². The van der Waals surface area contributed by atoms with Crippen LogP contribution in [0, 0.1) is 0 Å². The van der Waals surface area contributed by atoms with Crippen LogP contribution in [-0.4, -0.2) is 47.4 Å². The Labute approximate surface area is 519 Å². The van der Waals surface area contributed by atoms with E-state index in [1.54, 1.807) is 6.08 Å². The largest absolute Gasteiger partial charge is 0.466 e. The van der Waals surface area contributed by atoms with Gasteiger partial charge in [-0.2, -0.15) is 0 Å². The van der Waals surface area contributed by atoms with Gasteiger partial charge in [0.2, 0.25) is 5.91 Å². The molecule has 0 spiro atoms. The number of allylic oxidation sites excluding steroid dienone is 5. The number of carbonyl (C=O) groups excluding carboxylic acids is 2. The number of esters is 1. The highest BCUT2D eigenvalue weighted by molar-refractivity contribution is 5.76. The van der Waals surface area contributed by atoms with Crippen molar-refractivity contribution in [1.29, 1.82) is 0 Å². The molecule has 0 aromatic carbocycles. The predicted octanol–water partition coefficient (Wildman–Crippen LogP) is 24.7. The number of nitrogens with one attached hydrogen (secondary N) is 1. The Bertz CT molecular complexity index is 1340. The predicted molar refractivity (Wildman–Crippen MR) is 366 cm³/mol. The monoisotopic (exact) mass is 1170 g/mol. The van der Waals surface area contributed by atoms with Crippen LogP contribution in [0.3, 0.4) is 0 Å². The standard InChI is InChI=1S/C77H147NO5/c1-3-5-7-9-11-13-15-17-19-21-23-24-28-31-34-37-41-45-49-53-57-61-65-69-75(80)74(73-79)78-76(81)70-66-62-58-54-50-46-42-38-35-32-29-26-25-27-30-33-36-40-44-48-52-56-60-64-68-72-83-77(82)71-67-63-59-55-51-47-43-39-22-20-18-16-14-12-10-8-6-4-2/h14,16,20,22,65,69,74-75,79-80H,3-13,15,17-19,21,23-64,66-68,70-73H2,1-2H3,(H,78,81)/b16-14-,22-20-,69-65+. The molecule has 0 saturated carbocycles. The van der Waals surface area contributed by atoms with Gasteiger partial charge in [-0.15, -0.1) is 0 Å². The molecule has 83 heavy (non-hydrogen) atoms. The van der Waals surface area contributed by atoms with Crippen molar-refractivity contribution in [2.45, 2.75) is 431 Å². The Morgan fingerprint density at radius 2 is 0.602 bits per heavy atom. The summed E-state index contributed by atoms with van der Waals surface area (Å²) in [4.78, 5) is 24.7. The van der Waals surface area contributed by atoms with E-state index in [4.69, 9.17) is 4.74 Å². The van der Waals surface area contributed by atoms with Crippen LogP contribution < -0.4 is 5.32 Å². The van der Waals surface area contributed by atoms with Crippen molar-refractivity contribution in [3.63, 3.8) is 0 Å². The molecule has 6 heteroatoms. The van der Waals surface area contributed by atoms with Crippen LogP contribution in [0.4, 0.5) is 0 Å². The SMILES string of the molecule is CCCCCC/C=C\C/C=C\CCCCCCCCCC(=O)OCCCCCCCCCCCCCCCCCCCCCCCCCCCC(=O)NC(CO)C(O)/C=C/CCCCCCCCCCCCCCCCCCCCCCC. The lowest BCUT2D eigenvalue weighted by atomic mass is 10.0. The van der Waals surface area contributed by atoms with Gasteiger partial charge in [0.15, 0.2) is 0 Å². The second-order valence-electron chi connectivity index (χ2n) is 26.0. The number of unbranched alkanes of at least 4 members (excludes halogenated alkanes) is 56. The highest BCUT2D eigenvalue weighted by Gasteiger charge is 2.18. The first-order valence-electron chi connectivity index (χ1n) is 37.8. The van der Waals surface area contributed by atoms with Gasteiger partial charge < -0.3 is 20.3 Å². The lowest BCUT2D eigenvalue weighted by Crippen LogP contribution is -2.45. The summed E-state index contributed by atoms with van der Waals surface area (Å²) in [5.41, 5.74) is 0. The summed E-state index contributed by atoms with van der Waals surface area (Å²) in [5, 5.41) is 23.3. The van der Waals surface area contributed by atoms with E-state index in [0.717, 1.165) is 51.4 Å². The number of hydrogen-bond donors (Lipinski definition) is 3. The van der Waals surface area contributed by atoms with E-state index in [-0.39, 0.29) is 18.5 Å². The Morgan fingerprint density at radius 3 is 0.928 bits per heavy atom. The third kappa shape index (κ3) is 69.1. The van der Waals surface area contributed by atoms with E-state index in [1.807, 2.05) is 6.08 Å². The maximum atomic E-state index is 12.5. The maximum absolute atomic E-state index is 12.5. The van der Waals surface area contributed by atoms with Crippen molar-refractivity contribution in [2.24, 2.45) is 0 Å². The van der Waals surface area contributed by atoms with Crippen molar-refractivity contribution in [2.75, 3.05) is 13.2 Å². The zero-order valence-electron chi connectivity index (χ0n) is 56.2. The van der Waals surface area contributed by atoms with Crippen LogP contribution in [0.15, 0.2) is 36.5 Å². The Balaban J connectivity index is 3.39. The molecule has 2 unspecified atom stereocenters. The Morgan fingerprint density at radius 1 is 0.337 bits per heavy atom. The van der Waals surface area contributed by atoms with E-state index in [9.17, 15) is 19.8 Å². The average Bonchev–Trinajstić information content (AvgIpc) is 3.49. The van der Waals surface area contributed by atoms with Crippen LogP contribution in [0.2, 0.25) is 0 Å². The topological polar surface area (TPSA) is 95.9 Å². The van der Waals surface area contributed by atoms with Gasteiger partial charge in [0.1, 0.15) is 0 Å². The molecule has 0 heterocycles. The van der Waals surface area contributed by atoms with Crippen molar-refractivity contribution in [3.8, 4) is 0 Å². The normalized spacial score (nSPS) is 12.7. The average molecular weight is 1170 g/mol. The molecule has 0 aliphatic heterocycles. The van der Waals surface area contributed by atoms with Gasteiger partial charge in [0, 0.05) is 12.8 Å². The second kappa shape index (κ2) is 72.6. The number of rotatable bonds is 71. The fourth-order valence-electron chi connectivity index (χ4n) is 11.9. The van der Waals surface area contributed by atoms with Crippen molar-refractivity contribution >= 4 is 11.9 Å². The van der Waals surface area contributed by atoms with E-state index in [1.165, 1.54) is 340 Å². The highest BCUT2D eigenvalue weighted by Crippen LogP contribution is 2.19. The number of amides is 1. The highest BCUT2D eigenvalue weighted by atomic mass is 16.5. The summed E-state index contributed by atoms with van der Waals surface area (Å²) in [6.07, 6.45) is 93.8. The molecule has 490 valence electrons. The van der Waals surface area contributed by atoms with Gasteiger partial charge in [0.05, 0.1) is 25.4 Å². The summed E-state index contributed by atoms with van der Waals surface area (Å²) < 4.78 is 5.51. The van der Waals surface area contributed by atoms with Gasteiger partial charge in [-0.25, -0.2) is 0 Å². The van der Waals surface area contributed by atoms with Crippen LogP contribution in [0.25, 0.3) is 0 Å². The molecule has 0 aromatic rings. The summed E-state index contributed by atoms with van der Waals surface area (Å²) >= 11 is 0. The minimum absolute atomic E-state index is 0.00941. The molecule has 0 aliphatic rings. The zero-order valence-corrected chi connectivity index (χ0v) is 56.2. The molecule has 0 saturated heterocycles. The third-order valence-electron chi connectivity index (χ3n) is 17.7. The molecule has 0 fully saturated rings. The molecule has 0 bridgehead atoms. The first-order valence-corrected chi connectivity index (χ1v) is 37.8. The quantitative estimate of drug-likeness (QED) is 0.0320. The maximum Gasteiger partial charge on any atom is 0.305 e. The van der Waals surface area contributed by atoms with Crippen molar-refractivity contribution < 1.29 is 24.5 Å².